The third-order valence-electron chi connectivity index (χ3n) is 3.01. The highest BCUT2D eigenvalue weighted by Gasteiger charge is 2.25. The molecule has 1 aliphatic heterocycles. The van der Waals surface area contributed by atoms with E-state index in [1.807, 2.05) is 0 Å². The molecule has 2 rings (SSSR count). The number of aliphatic hydroxyl groups excluding tert-OH is 1. The minimum Gasteiger partial charge on any atom is -0.398 e. The Balaban J connectivity index is 2.25. The van der Waals surface area contributed by atoms with Crippen LogP contribution in [-0.2, 0) is 0 Å². The lowest BCUT2D eigenvalue weighted by Gasteiger charge is -2.30. The van der Waals surface area contributed by atoms with E-state index in [0.29, 0.717) is 19.4 Å². The zero-order valence-corrected chi connectivity index (χ0v) is 9.70. The Morgan fingerprint density at radius 3 is 2.72 bits per heavy atom. The van der Waals surface area contributed by atoms with Gasteiger partial charge < -0.3 is 15.7 Å². The molecule has 1 amide bonds. The van der Waals surface area contributed by atoms with Crippen LogP contribution in [0.5, 0.6) is 0 Å². The summed E-state index contributed by atoms with van der Waals surface area (Å²) in [6.07, 6.45) is 0.738. The topological polar surface area (TPSA) is 66.6 Å². The molecule has 0 aliphatic carbocycles. The van der Waals surface area contributed by atoms with Crippen molar-refractivity contribution in [2.24, 2.45) is 0 Å². The van der Waals surface area contributed by atoms with E-state index in [2.05, 4.69) is 0 Å². The van der Waals surface area contributed by atoms with Gasteiger partial charge in [-0.25, -0.2) is 8.78 Å². The molecule has 1 aromatic carbocycles. The number of amides is 1. The number of likely N-dealkylation sites (tertiary alicyclic amines) is 1. The molecule has 1 fully saturated rings. The van der Waals surface area contributed by atoms with Gasteiger partial charge in [0.2, 0.25) is 0 Å². The van der Waals surface area contributed by atoms with Crippen molar-refractivity contribution < 1.29 is 18.7 Å². The molecule has 1 atom stereocenters. The number of nitrogen functional groups attached to an aromatic ring is 1. The number of piperidine rings is 1. The van der Waals surface area contributed by atoms with Gasteiger partial charge in [-0.15, -0.1) is 0 Å². The minimum absolute atomic E-state index is 0.0667. The number of anilines is 1. The zero-order valence-electron chi connectivity index (χ0n) is 9.70. The Labute approximate surface area is 103 Å². The van der Waals surface area contributed by atoms with Crippen molar-refractivity contribution in [3.8, 4) is 0 Å². The van der Waals surface area contributed by atoms with Crippen LogP contribution in [0.25, 0.3) is 0 Å². The van der Waals surface area contributed by atoms with Gasteiger partial charge in [-0.3, -0.25) is 4.79 Å². The van der Waals surface area contributed by atoms with Crippen LogP contribution in [0.2, 0.25) is 0 Å². The summed E-state index contributed by atoms with van der Waals surface area (Å²) in [5.41, 5.74) is 5.35. The number of aliphatic hydroxyl groups is 1. The fourth-order valence-electron chi connectivity index (χ4n) is 2.06. The molecule has 1 aliphatic rings. The van der Waals surface area contributed by atoms with Gasteiger partial charge in [-0.2, -0.15) is 0 Å². The highest BCUT2D eigenvalue weighted by molar-refractivity contribution is 5.99. The van der Waals surface area contributed by atoms with Crippen LogP contribution in [-0.4, -0.2) is 35.1 Å². The second-order valence-electron chi connectivity index (χ2n) is 4.40. The number of hydrogen-bond donors (Lipinski definition) is 2. The fraction of sp³-hybridized carbons (Fsp3) is 0.417. The Morgan fingerprint density at radius 1 is 1.39 bits per heavy atom. The summed E-state index contributed by atoms with van der Waals surface area (Å²) >= 11 is 0. The van der Waals surface area contributed by atoms with Gasteiger partial charge in [0, 0.05) is 24.8 Å². The first kappa shape index (κ1) is 12.8. The second kappa shape index (κ2) is 4.89. The van der Waals surface area contributed by atoms with E-state index in [9.17, 15) is 18.7 Å². The lowest BCUT2D eigenvalue weighted by atomic mass is 10.1. The molecular weight excluding hydrogens is 242 g/mol. The van der Waals surface area contributed by atoms with Crippen molar-refractivity contribution in [3.63, 3.8) is 0 Å². The molecule has 1 aromatic rings. The summed E-state index contributed by atoms with van der Waals surface area (Å²) in [4.78, 5) is 13.5. The van der Waals surface area contributed by atoms with Gasteiger partial charge in [0.05, 0.1) is 11.7 Å². The summed E-state index contributed by atoms with van der Waals surface area (Å²) in [7, 11) is 0. The van der Waals surface area contributed by atoms with Crippen LogP contribution >= 0.6 is 0 Å². The summed E-state index contributed by atoms with van der Waals surface area (Å²) in [6.45, 7) is 0.672. The van der Waals surface area contributed by atoms with Gasteiger partial charge in [0.15, 0.2) is 11.6 Å². The largest absolute Gasteiger partial charge is 0.398 e. The first-order chi connectivity index (χ1) is 8.49. The van der Waals surface area contributed by atoms with Crippen molar-refractivity contribution in [1.82, 2.24) is 4.90 Å². The number of hydrogen-bond acceptors (Lipinski definition) is 3. The fourth-order valence-corrected chi connectivity index (χ4v) is 2.06. The number of carbonyl (C=O) groups is 1. The number of carbonyl (C=O) groups excluding carboxylic acids is 1. The predicted octanol–water partition coefficient (Wildman–Crippen LogP) is 1.14. The van der Waals surface area contributed by atoms with E-state index in [0.717, 1.165) is 12.1 Å². The summed E-state index contributed by atoms with van der Waals surface area (Å²) in [5, 5.41) is 9.48. The van der Waals surface area contributed by atoms with Gasteiger partial charge in [-0.1, -0.05) is 0 Å². The predicted molar refractivity (Wildman–Crippen MR) is 61.9 cm³/mol. The molecule has 18 heavy (non-hydrogen) atoms. The molecule has 1 saturated heterocycles. The molecule has 98 valence electrons. The van der Waals surface area contributed by atoms with Gasteiger partial charge >= 0.3 is 0 Å². The number of β-amino-alcohol motifs (C(OH)–C–C–N with tert-alkyl or cyclic N) is 1. The Morgan fingerprint density at radius 2 is 2.06 bits per heavy atom. The Hall–Kier alpha value is -1.69. The van der Waals surface area contributed by atoms with E-state index < -0.39 is 23.6 Å². The molecule has 3 N–H and O–H groups in total. The van der Waals surface area contributed by atoms with Crippen molar-refractivity contribution in [2.75, 3.05) is 18.8 Å². The van der Waals surface area contributed by atoms with Crippen molar-refractivity contribution in [2.45, 2.75) is 18.9 Å². The van der Waals surface area contributed by atoms with Crippen LogP contribution < -0.4 is 5.73 Å². The monoisotopic (exact) mass is 256 g/mol. The highest BCUT2D eigenvalue weighted by atomic mass is 19.2. The van der Waals surface area contributed by atoms with Crippen molar-refractivity contribution in [1.29, 1.82) is 0 Å². The molecular formula is C12H14F2N2O2. The first-order valence-electron chi connectivity index (χ1n) is 5.71. The summed E-state index contributed by atoms with van der Waals surface area (Å²) in [6, 6.07) is 1.59. The van der Waals surface area contributed by atoms with Crippen molar-refractivity contribution in [3.05, 3.63) is 29.3 Å². The van der Waals surface area contributed by atoms with Gasteiger partial charge in [0.1, 0.15) is 0 Å². The number of rotatable bonds is 1. The maximum Gasteiger partial charge on any atom is 0.256 e. The first-order valence-corrected chi connectivity index (χ1v) is 5.71. The third-order valence-corrected chi connectivity index (χ3v) is 3.01. The van der Waals surface area contributed by atoms with Crippen LogP contribution in [0.3, 0.4) is 0 Å². The zero-order chi connectivity index (χ0) is 13.3. The number of benzene rings is 1. The molecule has 4 nitrogen and oxygen atoms in total. The van der Waals surface area contributed by atoms with Crippen LogP contribution in [0.15, 0.2) is 12.1 Å². The quantitative estimate of drug-likeness (QED) is 0.740. The summed E-state index contributed by atoms with van der Waals surface area (Å²) < 4.78 is 26.0. The average Bonchev–Trinajstić information content (AvgIpc) is 2.33. The molecule has 0 aromatic heterocycles. The second-order valence-corrected chi connectivity index (χ2v) is 4.40. The Kier molecular flexibility index (Phi) is 3.47. The molecule has 0 radical (unpaired) electrons. The lowest BCUT2D eigenvalue weighted by molar-refractivity contribution is 0.0474. The third kappa shape index (κ3) is 2.43. The van der Waals surface area contributed by atoms with E-state index >= 15 is 0 Å². The van der Waals surface area contributed by atoms with Gasteiger partial charge in [0.25, 0.3) is 5.91 Å². The van der Waals surface area contributed by atoms with E-state index in [1.165, 1.54) is 4.90 Å². The maximum absolute atomic E-state index is 13.1. The standard InChI is InChI=1S/C12H14F2N2O2/c13-9-4-8(11(15)5-10(9)14)12(18)16-3-1-2-7(17)6-16/h4-5,7,17H,1-3,6,15H2/t7-/m0/s1. The normalized spacial score (nSPS) is 19.9. The van der Waals surface area contributed by atoms with Crippen LogP contribution in [0.4, 0.5) is 14.5 Å². The number of nitrogens with zero attached hydrogens (tertiary/aromatic N) is 1. The summed E-state index contributed by atoms with van der Waals surface area (Å²) in [5.74, 6) is -2.67. The molecule has 0 bridgehead atoms. The minimum atomic E-state index is -1.11. The van der Waals surface area contributed by atoms with E-state index in [-0.39, 0.29) is 17.8 Å². The van der Waals surface area contributed by atoms with Crippen LogP contribution in [0, 0.1) is 11.6 Å². The van der Waals surface area contributed by atoms with Gasteiger partial charge in [-0.05, 0) is 18.9 Å². The van der Waals surface area contributed by atoms with E-state index in [4.69, 9.17) is 5.73 Å². The molecule has 0 spiro atoms. The number of nitrogens with two attached hydrogens (primary N) is 1. The maximum atomic E-state index is 13.1. The molecule has 6 heteroatoms. The SMILES string of the molecule is Nc1cc(F)c(F)cc1C(=O)N1CCC[C@H](O)C1. The Bertz CT molecular complexity index is 479. The highest BCUT2D eigenvalue weighted by Crippen LogP contribution is 2.21. The molecule has 0 unspecified atom stereocenters. The lowest BCUT2D eigenvalue weighted by Crippen LogP contribution is -2.42. The number of halogens is 2. The van der Waals surface area contributed by atoms with Crippen molar-refractivity contribution >= 4 is 11.6 Å². The molecule has 0 saturated carbocycles. The van der Waals surface area contributed by atoms with E-state index in [1.54, 1.807) is 0 Å². The average molecular weight is 256 g/mol. The molecule has 1 heterocycles. The van der Waals surface area contributed by atoms with Crippen LogP contribution in [0.1, 0.15) is 23.2 Å². The smallest absolute Gasteiger partial charge is 0.256 e.